The molecule has 0 aromatic heterocycles. The normalized spacial score (nSPS) is 9.75. The fraction of sp³-hybridized carbons (Fsp3) is 0.429. The van der Waals surface area contributed by atoms with Gasteiger partial charge in [-0.05, 0) is 26.1 Å². The van der Waals surface area contributed by atoms with E-state index >= 15 is 0 Å². The molecule has 0 aromatic carbocycles. The van der Waals surface area contributed by atoms with E-state index in [4.69, 9.17) is 0 Å². The van der Waals surface area contributed by atoms with Crippen LogP contribution in [0.15, 0.2) is 24.4 Å². The molecule has 0 aliphatic rings. The van der Waals surface area contributed by atoms with Crippen LogP contribution >= 0.6 is 0 Å². The Morgan fingerprint density at radius 1 is 1.75 bits per heavy atom. The average Bonchev–Trinajstić information content (AvgIpc) is 1.66. The fourth-order valence-corrected chi connectivity index (χ4v) is 0.319. The molecule has 0 aromatic rings. The predicted octanol–water partition coefficient (Wildman–Crippen LogP) is 1.69. The van der Waals surface area contributed by atoms with Gasteiger partial charge in [0.05, 0.1) is 0 Å². The van der Waals surface area contributed by atoms with Gasteiger partial charge >= 0.3 is 0 Å². The topological polar surface area (TPSA) is 12.0 Å². The molecule has 1 heteroatoms. The van der Waals surface area contributed by atoms with Crippen molar-refractivity contribution < 1.29 is 0 Å². The molecular weight excluding hydrogens is 98.1 g/mol. The second kappa shape index (κ2) is 4.44. The SMILES string of the molecule is C=C(C)C=CNCC. The highest BCUT2D eigenvalue weighted by Crippen LogP contribution is 1.84. The fourth-order valence-electron chi connectivity index (χ4n) is 0.319. The van der Waals surface area contributed by atoms with Crippen molar-refractivity contribution in [2.45, 2.75) is 13.8 Å². The van der Waals surface area contributed by atoms with Crippen LogP contribution in [-0.2, 0) is 0 Å². The number of nitrogens with one attached hydrogen (secondary N) is 1. The Bertz CT molecular complexity index is 92.6. The van der Waals surface area contributed by atoms with Gasteiger partial charge in [0.2, 0.25) is 0 Å². The van der Waals surface area contributed by atoms with Gasteiger partial charge in [0.25, 0.3) is 0 Å². The quantitative estimate of drug-likeness (QED) is 0.546. The lowest BCUT2D eigenvalue weighted by Crippen LogP contribution is -2.01. The minimum Gasteiger partial charge on any atom is -0.391 e. The molecule has 0 aliphatic heterocycles. The molecule has 1 nitrogen and oxygen atoms in total. The highest BCUT2D eigenvalue weighted by molar-refractivity contribution is 5.09. The second-order valence-electron chi connectivity index (χ2n) is 1.74. The minimum atomic E-state index is 0.976. The first kappa shape index (κ1) is 7.28. The van der Waals surface area contributed by atoms with Crippen LogP contribution in [0.1, 0.15) is 13.8 Å². The maximum atomic E-state index is 3.70. The highest BCUT2D eigenvalue weighted by Gasteiger charge is 1.69. The van der Waals surface area contributed by atoms with Crippen molar-refractivity contribution >= 4 is 0 Å². The third-order valence-corrected chi connectivity index (χ3v) is 0.690. The summed E-state index contributed by atoms with van der Waals surface area (Å²) in [5, 5.41) is 3.04. The molecule has 0 unspecified atom stereocenters. The zero-order chi connectivity index (χ0) is 6.41. The van der Waals surface area contributed by atoms with E-state index < -0.39 is 0 Å². The van der Waals surface area contributed by atoms with Crippen LogP contribution in [-0.4, -0.2) is 6.54 Å². The predicted molar refractivity (Wildman–Crippen MR) is 37.6 cm³/mol. The van der Waals surface area contributed by atoms with Gasteiger partial charge in [-0.2, -0.15) is 0 Å². The van der Waals surface area contributed by atoms with Crippen molar-refractivity contribution in [2.75, 3.05) is 6.54 Å². The molecule has 8 heavy (non-hydrogen) atoms. The molecule has 0 fully saturated rings. The van der Waals surface area contributed by atoms with E-state index in [0.29, 0.717) is 0 Å². The number of allylic oxidation sites excluding steroid dienone is 2. The number of rotatable bonds is 3. The third kappa shape index (κ3) is 5.28. The van der Waals surface area contributed by atoms with Crippen molar-refractivity contribution in [2.24, 2.45) is 0 Å². The molecule has 0 heterocycles. The molecule has 0 spiro atoms. The van der Waals surface area contributed by atoms with Crippen LogP contribution in [0, 0.1) is 0 Å². The zero-order valence-corrected chi connectivity index (χ0v) is 5.57. The van der Waals surface area contributed by atoms with Gasteiger partial charge in [-0.15, -0.1) is 0 Å². The van der Waals surface area contributed by atoms with E-state index in [-0.39, 0.29) is 0 Å². The molecule has 0 saturated carbocycles. The van der Waals surface area contributed by atoms with Crippen molar-refractivity contribution in [3.63, 3.8) is 0 Å². The lowest BCUT2D eigenvalue weighted by molar-refractivity contribution is 0.918. The van der Waals surface area contributed by atoms with E-state index in [9.17, 15) is 0 Å². The van der Waals surface area contributed by atoms with E-state index in [2.05, 4.69) is 18.8 Å². The van der Waals surface area contributed by atoms with Gasteiger partial charge in [0.1, 0.15) is 0 Å². The Kier molecular flexibility index (Phi) is 4.04. The van der Waals surface area contributed by atoms with Crippen LogP contribution in [0.25, 0.3) is 0 Å². The van der Waals surface area contributed by atoms with Crippen molar-refractivity contribution in [1.82, 2.24) is 5.32 Å². The molecule has 0 rings (SSSR count). The lowest BCUT2D eigenvalue weighted by atomic mass is 10.3. The summed E-state index contributed by atoms with van der Waals surface area (Å²) in [7, 11) is 0. The van der Waals surface area contributed by atoms with Crippen molar-refractivity contribution in [1.29, 1.82) is 0 Å². The zero-order valence-electron chi connectivity index (χ0n) is 5.57. The molecule has 0 radical (unpaired) electrons. The van der Waals surface area contributed by atoms with Gasteiger partial charge < -0.3 is 5.32 Å². The largest absolute Gasteiger partial charge is 0.391 e. The first-order valence-corrected chi connectivity index (χ1v) is 2.82. The van der Waals surface area contributed by atoms with Crippen molar-refractivity contribution in [3.05, 3.63) is 24.4 Å². The minimum absolute atomic E-state index is 0.976. The first-order chi connectivity index (χ1) is 3.77. The second-order valence-corrected chi connectivity index (χ2v) is 1.74. The van der Waals surface area contributed by atoms with Crippen LogP contribution in [0.5, 0.6) is 0 Å². The maximum absolute atomic E-state index is 3.70. The average molecular weight is 111 g/mol. The Morgan fingerprint density at radius 3 is 2.75 bits per heavy atom. The Morgan fingerprint density at radius 2 is 2.38 bits per heavy atom. The molecule has 0 aliphatic carbocycles. The molecule has 1 N–H and O–H groups in total. The van der Waals surface area contributed by atoms with E-state index in [1.807, 2.05) is 19.2 Å². The maximum Gasteiger partial charge on any atom is 0.0113 e. The van der Waals surface area contributed by atoms with Gasteiger partial charge in [-0.1, -0.05) is 12.2 Å². The van der Waals surface area contributed by atoms with Crippen LogP contribution in [0.2, 0.25) is 0 Å². The molecular formula is C7H13N. The van der Waals surface area contributed by atoms with Crippen LogP contribution < -0.4 is 5.32 Å². The third-order valence-electron chi connectivity index (χ3n) is 0.690. The van der Waals surface area contributed by atoms with Crippen LogP contribution in [0.3, 0.4) is 0 Å². The monoisotopic (exact) mass is 111 g/mol. The number of hydrogen-bond donors (Lipinski definition) is 1. The molecule has 46 valence electrons. The van der Waals surface area contributed by atoms with Gasteiger partial charge in [-0.3, -0.25) is 0 Å². The van der Waals surface area contributed by atoms with Gasteiger partial charge in [-0.25, -0.2) is 0 Å². The van der Waals surface area contributed by atoms with Crippen LogP contribution in [0.4, 0.5) is 0 Å². The summed E-state index contributed by atoms with van der Waals surface area (Å²) in [6.07, 6.45) is 3.85. The van der Waals surface area contributed by atoms with E-state index in [1.165, 1.54) is 0 Å². The smallest absolute Gasteiger partial charge is 0.0113 e. The summed E-state index contributed by atoms with van der Waals surface area (Å²) in [5.74, 6) is 0. The summed E-state index contributed by atoms with van der Waals surface area (Å²) in [4.78, 5) is 0. The highest BCUT2D eigenvalue weighted by atomic mass is 14.8. The lowest BCUT2D eigenvalue weighted by Gasteiger charge is -1.89. The Labute approximate surface area is 51.1 Å². The molecule has 0 amide bonds. The summed E-state index contributed by atoms with van der Waals surface area (Å²) < 4.78 is 0. The first-order valence-electron chi connectivity index (χ1n) is 2.82. The summed E-state index contributed by atoms with van der Waals surface area (Å²) >= 11 is 0. The Balaban J connectivity index is 3.20. The molecule has 0 atom stereocenters. The van der Waals surface area contributed by atoms with Gasteiger partial charge in [0.15, 0.2) is 0 Å². The standard InChI is InChI=1S/C7H13N/c1-4-8-6-5-7(2)3/h5-6,8H,2,4H2,1,3H3. The van der Waals surface area contributed by atoms with E-state index in [1.54, 1.807) is 0 Å². The molecule has 0 saturated heterocycles. The summed E-state index contributed by atoms with van der Waals surface area (Å²) in [6.45, 7) is 8.70. The molecule has 0 bridgehead atoms. The van der Waals surface area contributed by atoms with Crippen molar-refractivity contribution in [3.8, 4) is 0 Å². The summed E-state index contributed by atoms with van der Waals surface area (Å²) in [6, 6.07) is 0. The van der Waals surface area contributed by atoms with E-state index in [0.717, 1.165) is 12.1 Å². The Hall–Kier alpha value is -0.720. The number of hydrogen-bond acceptors (Lipinski definition) is 1. The van der Waals surface area contributed by atoms with Gasteiger partial charge in [0, 0.05) is 6.54 Å². The summed E-state index contributed by atoms with van der Waals surface area (Å²) in [5.41, 5.74) is 1.07.